The highest BCUT2D eigenvalue weighted by molar-refractivity contribution is 5.96. The van der Waals surface area contributed by atoms with Gasteiger partial charge in [-0.05, 0) is 24.3 Å². The zero-order chi connectivity index (χ0) is 16.8. The van der Waals surface area contributed by atoms with Gasteiger partial charge in [0.25, 0.3) is 0 Å². The van der Waals surface area contributed by atoms with Gasteiger partial charge in [0.15, 0.2) is 0 Å². The molecule has 0 aliphatic rings. The van der Waals surface area contributed by atoms with E-state index in [0.717, 1.165) is 44.5 Å². The fourth-order valence-electron chi connectivity index (χ4n) is 3.08. The summed E-state index contributed by atoms with van der Waals surface area (Å²) in [6.07, 6.45) is 5.16. The molecule has 6 heteroatoms. The number of nitrogens with zero attached hydrogens (tertiary/aromatic N) is 3. The van der Waals surface area contributed by atoms with E-state index in [1.54, 1.807) is 18.6 Å². The van der Waals surface area contributed by atoms with Crippen LogP contribution in [0.1, 0.15) is 0 Å². The van der Waals surface area contributed by atoms with Crippen molar-refractivity contribution in [3.63, 3.8) is 0 Å². The van der Waals surface area contributed by atoms with E-state index in [4.69, 9.17) is 5.73 Å². The van der Waals surface area contributed by atoms with Crippen molar-refractivity contribution in [3.8, 4) is 22.6 Å². The van der Waals surface area contributed by atoms with E-state index in [1.165, 1.54) is 0 Å². The summed E-state index contributed by atoms with van der Waals surface area (Å²) in [5, 5.41) is 9.68. The van der Waals surface area contributed by atoms with Crippen LogP contribution in [0.2, 0.25) is 0 Å². The van der Waals surface area contributed by atoms with Gasteiger partial charge in [-0.25, -0.2) is 0 Å². The molecule has 5 rings (SSSR count). The van der Waals surface area contributed by atoms with Gasteiger partial charge in [-0.3, -0.25) is 15.1 Å². The molecule has 0 saturated heterocycles. The summed E-state index contributed by atoms with van der Waals surface area (Å²) < 4.78 is 0. The Kier molecular flexibility index (Phi) is 2.84. The van der Waals surface area contributed by atoms with Gasteiger partial charge in [0, 0.05) is 34.2 Å². The van der Waals surface area contributed by atoms with Crippen molar-refractivity contribution in [3.05, 3.63) is 61.1 Å². The van der Waals surface area contributed by atoms with Crippen molar-refractivity contribution in [2.24, 2.45) is 0 Å². The first kappa shape index (κ1) is 13.7. The van der Waals surface area contributed by atoms with E-state index in [2.05, 4.69) is 43.3 Å². The standard InChI is InChI=1S/C19H14N6/c20-13-5-12(8-21-9-13)16-7-14-18(10-22-16)24-25-19(14)17-6-11-3-1-2-4-15(11)23-17/h1-10,23H,20H2,(H,24,25). The lowest BCUT2D eigenvalue weighted by molar-refractivity contribution is 1.11. The highest BCUT2D eigenvalue weighted by atomic mass is 15.1. The van der Waals surface area contributed by atoms with Crippen LogP contribution in [0.5, 0.6) is 0 Å². The normalized spacial score (nSPS) is 11.4. The Balaban J connectivity index is 1.70. The summed E-state index contributed by atoms with van der Waals surface area (Å²) in [5.41, 5.74) is 11.9. The van der Waals surface area contributed by atoms with Crippen LogP contribution in [0.15, 0.2) is 61.1 Å². The molecule has 0 atom stereocenters. The molecule has 0 amide bonds. The van der Waals surface area contributed by atoms with Gasteiger partial charge in [-0.2, -0.15) is 5.10 Å². The molecule has 6 nitrogen and oxygen atoms in total. The quantitative estimate of drug-likeness (QED) is 0.460. The summed E-state index contributed by atoms with van der Waals surface area (Å²) in [6.45, 7) is 0. The minimum Gasteiger partial charge on any atom is -0.397 e. The first-order valence-corrected chi connectivity index (χ1v) is 7.91. The molecule has 0 aliphatic heterocycles. The van der Waals surface area contributed by atoms with Crippen LogP contribution in [0.4, 0.5) is 5.69 Å². The van der Waals surface area contributed by atoms with Gasteiger partial charge < -0.3 is 10.7 Å². The SMILES string of the molecule is Nc1cncc(-c2cc3c(-c4cc5ccccc5[nH]4)n[nH]c3cn2)c1. The predicted molar refractivity (Wildman–Crippen MR) is 98.8 cm³/mol. The second kappa shape index (κ2) is 5.17. The molecule has 0 saturated carbocycles. The van der Waals surface area contributed by atoms with Crippen LogP contribution in [0.25, 0.3) is 44.5 Å². The van der Waals surface area contributed by atoms with Gasteiger partial charge in [0.2, 0.25) is 0 Å². The molecule has 4 aromatic heterocycles. The molecule has 120 valence electrons. The number of aromatic nitrogens is 5. The number of nitrogen functional groups attached to an aromatic ring is 1. The molecule has 0 radical (unpaired) electrons. The largest absolute Gasteiger partial charge is 0.397 e. The predicted octanol–water partition coefficient (Wildman–Crippen LogP) is 3.75. The Morgan fingerprint density at radius 1 is 0.920 bits per heavy atom. The second-order valence-electron chi connectivity index (χ2n) is 5.96. The van der Waals surface area contributed by atoms with Gasteiger partial charge in [-0.15, -0.1) is 0 Å². The number of aromatic amines is 2. The van der Waals surface area contributed by atoms with Crippen LogP contribution in [0, 0.1) is 0 Å². The van der Waals surface area contributed by atoms with Crippen molar-refractivity contribution in [2.75, 3.05) is 5.73 Å². The van der Waals surface area contributed by atoms with E-state index >= 15 is 0 Å². The maximum absolute atomic E-state index is 5.84. The van der Waals surface area contributed by atoms with E-state index in [-0.39, 0.29) is 0 Å². The average molecular weight is 326 g/mol. The number of anilines is 1. The zero-order valence-electron chi connectivity index (χ0n) is 13.2. The molecular weight excluding hydrogens is 312 g/mol. The van der Waals surface area contributed by atoms with Gasteiger partial charge in [0.05, 0.1) is 28.8 Å². The Morgan fingerprint density at radius 3 is 2.72 bits per heavy atom. The lowest BCUT2D eigenvalue weighted by Crippen LogP contribution is -1.89. The number of fused-ring (bicyclic) bond motifs is 2. The Labute approximate surface area is 142 Å². The maximum atomic E-state index is 5.84. The molecule has 4 N–H and O–H groups in total. The summed E-state index contributed by atoms with van der Waals surface area (Å²) in [7, 11) is 0. The van der Waals surface area contributed by atoms with Crippen molar-refractivity contribution in [1.29, 1.82) is 0 Å². The van der Waals surface area contributed by atoms with Gasteiger partial charge in [-0.1, -0.05) is 18.2 Å². The van der Waals surface area contributed by atoms with Crippen LogP contribution >= 0.6 is 0 Å². The molecule has 5 aromatic rings. The summed E-state index contributed by atoms with van der Waals surface area (Å²) in [6, 6.07) is 14.2. The minimum atomic E-state index is 0.613. The third kappa shape index (κ3) is 2.23. The lowest BCUT2D eigenvalue weighted by Gasteiger charge is -2.02. The van der Waals surface area contributed by atoms with Crippen molar-refractivity contribution >= 4 is 27.5 Å². The van der Waals surface area contributed by atoms with Crippen LogP contribution in [-0.2, 0) is 0 Å². The van der Waals surface area contributed by atoms with E-state index < -0.39 is 0 Å². The van der Waals surface area contributed by atoms with Gasteiger partial charge >= 0.3 is 0 Å². The Morgan fingerprint density at radius 2 is 1.84 bits per heavy atom. The summed E-state index contributed by atoms with van der Waals surface area (Å²) in [5.74, 6) is 0. The fraction of sp³-hybridized carbons (Fsp3) is 0. The van der Waals surface area contributed by atoms with E-state index in [9.17, 15) is 0 Å². The number of para-hydroxylation sites is 1. The summed E-state index contributed by atoms with van der Waals surface area (Å²) >= 11 is 0. The van der Waals surface area contributed by atoms with Crippen molar-refractivity contribution < 1.29 is 0 Å². The first-order chi connectivity index (χ1) is 12.3. The number of pyridine rings is 2. The highest BCUT2D eigenvalue weighted by Gasteiger charge is 2.13. The second-order valence-corrected chi connectivity index (χ2v) is 5.96. The third-order valence-corrected chi connectivity index (χ3v) is 4.29. The van der Waals surface area contributed by atoms with Crippen LogP contribution in [-0.4, -0.2) is 25.1 Å². The lowest BCUT2D eigenvalue weighted by atomic mass is 10.1. The third-order valence-electron chi connectivity index (χ3n) is 4.29. The maximum Gasteiger partial charge on any atom is 0.116 e. The molecule has 0 unspecified atom stereocenters. The fourth-order valence-corrected chi connectivity index (χ4v) is 3.08. The molecular formula is C19H14N6. The van der Waals surface area contributed by atoms with Gasteiger partial charge in [0.1, 0.15) is 5.69 Å². The molecule has 0 aliphatic carbocycles. The summed E-state index contributed by atoms with van der Waals surface area (Å²) in [4.78, 5) is 12.1. The van der Waals surface area contributed by atoms with Crippen molar-refractivity contribution in [2.45, 2.75) is 0 Å². The molecule has 1 aromatic carbocycles. The number of H-pyrrole nitrogens is 2. The zero-order valence-corrected chi connectivity index (χ0v) is 13.2. The van der Waals surface area contributed by atoms with Crippen LogP contribution < -0.4 is 5.73 Å². The number of benzene rings is 1. The molecule has 0 bridgehead atoms. The molecule has 0 spiro atoms. The number of nitrogens with two attached hydrogens (primary N) is 1. The molecule has 0 fully saturated rings. The van der Waals surface area contributed by atoms with E-state index in [0.29, 0.717) is 5.69 Å². The average Bonchev–Trinajstić information content (AvgIpc) is 3.24. The first-order valence-electron chi connectivity index (χ1n) is 7.91. The monoisotopic (exact) mass is 326 g/mol. The number of nitrogens with one attached hydrogen (secondary N) is 2. The molecule has 25 heavy (non-hydrogen) atoms. The number of hydrogen-bond donors (Lipinski definition) is 3. The number of rotatable bonds is 2. The smallest absolute Gasteiger partial charge is 0.116 e. The minimum absolute atomic E-state index is 0.613. The van der Waals surface area contributed by atoms with Crippen LogP contribution in [0.3, 0.4) is 0 Å². The topological polar surface area (TPSA) is 96.3 Å². The van der Waals surface area contributed by atoms with E-state index in [1.807, 2.05) is 24.3 Å². The Bertz CT molecular complexity index is 1180. The highest BCUT2D eigenvalue weighted by Crippen LogP contribution is 2.30. The van der Waals surface area contributed by atoms with Crippen molar-refractivity contribution in [1.82, 2.24) is 25.1 Å². The Hall–Kier alpha value is -3.67. The number of hydrogen-bond acceptors (Lipinski definition) is 4. The molecule has 4 heterocycles.